The molecule has 0 spiro atoms. The Morgan fingerprint density at radius 2 is 1.29 bits per heavy atom. The van der Waals surface area contributed by atoms with Gasteiger partial charge in [0, 0.05) is 0 Å². The van der Waals surface area contributed by atoms with E-state index in [1.165, 1.54) is 0 Å². The average molecular weight is 254 g/mol. The molecule has 0 aliphatic heterocycles. The van der Waals surface area contributed by atoms with Crippen LogP contribution in [-0.4, -0.2) is 11.0 Å². The lowest BCUT2D eigenvalue weighted by atomic mass is 10.1. The second-order valence-corrected chi connectivity index (χ2v) is 3.08. The topological polar surface area (TPSA) is 36.4 Å². The molecule has 92 valence electrons. The van der Waals surface area contributed by atoms with E-state index in [-0.39, 0.29) is 6.07 Å². The molecule has 0 aliphatic rings. The minimum atomic E-state index is -4.90. The zero-order valence-corrected chi connectivity index (χ0v) is 7.97. The van der Waals surface area contributed by atoms with Gasteiger partial charge < -0.3 is 5.53 Å². The van der Waals surface area contributed by atoms with Gasteiger partial charge in [-0.25, -0.2) is 0 Å². The third kappa shape index (κ3) is 3.32. The highest BCUT2D eigenvalue weighted by molar-refractivity contribution is 5.76. The van der Waals surface area contributed by atoms with E-state index >= 15 is 0 Å². The maximum Gasteiger partial charge on any atom is 0.416 e. The van der Waals surface area contributed by atoms with Crippen LogP contribution in [0.3, 0.4) is 0 Å². The second kappa shape index (κ2) is 4.21. The van der Waals surface area contributed by atoms with E-state index < -0.39 is 29.0 Å². The summed E-state index contributed by atoms with van der Waals surface area (Å²) in [5.74, 6) is 0. The molecule has 2 nitrogen and oxygen atoms in total. The number of nitrogens with zero attached hydrogens (tertiary/aromatic N) is 2. The van der Waals surface area contributed by atoms with Gasteiger partial charge in [0.05, 0.1) is 16.7 Å². The Balaban J connectivity index is 3.44. The Kier molecular flexibility index (Phi) is 3.28. The molecule has 0 heterocycles. The predicted octanol–water partition coefficient (Wildman–Crippen LogP) is 3.37. The fourth-order valence-electron chi connectivity index (χ4n) is 1.12. The number of hydrogen-bond donors (Lipinski definition) is 0. The van der Waals surface area contributed by atoms with E-state index in [0.29, 0.717) is 18.3 Å². The first-order valence-corrected chi connectivity index (χ1v) is 4.11. The predicted molar refractivity (Wildman–Crippen MR) is 45.2 cm³/mol. The van der Waals surface area contributed by atoms with E-state index in [1.54, 1.807) is 0 Å². The van der Waals surface area contributed by atoms with Crippen LogP contribution in [-0.2, 0) is 12.4 Å². The van der Waals surface area contributed by atoms with E-state index in [9.17, 15) is 26.3 Å². The van der Waals surface area contributed by atoms with Crippen molar-refractivity contribution in [3.05, 3.63) is 40.4 Å². The second-order valence-electron chi connectivity index (χ2n) is 3.08. The Morgan fingerprint density at radius 1 is 0.882 bits per heavy atom. The summed E-state index contributed by atoms with van der Waals surface area (Å²) in [6.45, 7) is 0. The van der Waals surface area contributed by atoms with Crippen LogP contribution in [0.25, 0.3) is 5.53 Å². The maximum absolute atomic E-state index is 12.3. The van der Waals surface area contributed by atoms with Crippen molar-refractivity contribution in [2.45, 2.75) is 12.4 Å². The van der Waals surface area contributed by atoms with Crippen molar-refractivity contribution < 1.29 is 31.1 Å². The fraction of sp³-hybridized carbons (Fsp3) is 0.222. The van der Waals surface area contributed by atoms with Gasteiger partial charge in [-0.2, -0.15) is 31.1 Å². The number of hydrogen-bond acceptors (Lipinski definition) is 0. The molecule has 1 rings (SSSR count). The van der Waals surface area contributed by atoms with Crippen LogP contribution in [0.15, 0.2) is 18.2 Å². The summed E-state index contributed by atoms with van der Waals surface area (Å²) in [6.07, 6.45) is -9.32. The molecule has 0 radical (unpaired) electrons. The van der Waals surface area contributed by atoms with Crippen LogP contribution in [0, 0.1) is 0 Å². The maximum atomic E-state index is 12.3. The van der Waals surface area contributed by atoms with Gasteiger partial charge in [-0.3, -0.25) is 0 Å². The molecule has 0 saturated heterocycles. The normalized spacial score (nSPS) is 12.1. The summed E-state index contributed by atoms with van der Waals surface area (Å²) in [5.41, 5.74) is 4.71. The van der Waals surface area contributed by atoms with Gasteiger partial charge in [-0.1, -0.05) is 0 Å². The summed E-state index contributed by atoms with van der Waals surface area (Å²) in [6, 6.07) is 0.901. The van der Waals surface area contributed by atoms with Crippen LogP contribution in [0.1, 0.15) is 16.7 Å². The van der Waals surface area contributed by atoms with Crippen molar-refractivity contribution in [1.82, 2.24) is 0 Å². The van der Waals surface area contributed by atoms with Crippen molar-refractivity contribution in [2.75, 3.05) is 0 Å². The van der Waals surface area contributed by atoms with Crippen LogP contribution < -0.4 is 0 Å². The van der Waals surface area contributed by atoms with E-state index in [4.69, 9.17) is 5.53 Å². The van der Waals surface area contributed by atoms with Crippen molar-refractivity contribution in [3.8, 4) is 0 Å². The lowest BCUT2D eigenvalue weighted by Gasteiger charge is -2.11. The molecule has 0 bridgehead atoms. The summed E-state index contributed by atoms with van der Waals surface area (Å²) in [7, 11) is 0. The summed E-state index contributed by atoms with van der Waals surface area (Å²) >= 11 is 0. The van der Waals surface area contributed by atoms with E-state index in [2.05, 4.69) is 4.79 Å². The Morgan fingerprint density at radius 3 is 1.59 bits per heavy atom. The van der Waals surface area contributed by atoms with Gasteiger partial charge in [0.2, 0.25) is 0 Å². The smallest absolute Gasteiger partial charge is 0.361 e. The number of benzene rings is 1. The molecule has 1 aromatic carbocycles. The molecule has 17 heavy (non-hydrogen) atoms. The summed E-state index contributed by atoms with van der Waals surface area (Å²) < 4.78 is 73.8. The highest BCUT2D eigenvalue weighted by Crippen LogP contribution is 2.35. The molecule has 0 aromatic heterocycles. The minimum Gasteiger partial charge on any atom is -0.361 e. The minimum absolute atomic E-state index is 0.00524. The lowest BCUT2D eigenvalue weighted by Crippen LogP contribution is -2.11. The van der Waals surface area contributed by atoms with Crippen molar-refractivity contribution >= 4 is 6.21 Å². The molecule has 1 aromatic rings. The number of halogens is 6. The standard InChI is InChI=1S/C9H4F6N2/c10-8(11,12)6-1-5(4-17-16)2-7(3-6)9(13,14)15/h1-4H. The SMILES string of the molecule is [N-]=[N+]=Cc1cc(C(F)(F)F)cc(C(F)(F)F)c1. The summed E-state index contributed by atoms with van der Waals surface area (Å²) in [4.78, 5) is 2.39. The molecule has 0 fully saturated rings. The molecule has 0 aliphatic carbocycles. The van der Waals surface area contributed by atoms with Crippen LogP contribution in [0.2, 0.25) is 0 Å². The Bertz CT molecular complexity index is 435. The Hall–Kier alpha value is -1.82. The van der Waals surface area contributed by atoms with E-state index in [0.717, 1.165) is 0 Å². The van der Waals surface area contributed by atoms with Crippen molar-refractivity contribution in [1.29, 1.82) is 0 Å². The molecule has 0 saturated carbocycles. The molecule has 8 heteroatoms. The van der Waals surface area contributed by atoms with Gasteiger partial charge in [0.1, 0.15) is 0 Å². The van der Waals surface area contributed by atoms with Crippen LogP contribution in [0.4, 0.5) is 26.3 Å². The van der Waals surface area contributed by atoms with Gasteiger partial charge in [-0.05, 0) is 18.2 Å². The first-order chi connectivity index (χ1) is 7.64. The molecule has 0 atom stereocenters. The van der Waals surface area contributed by atoms with Crippen molar-refractivity contribution in [2.24, 2.45) is 0 Å². The largest absolute Gasteiger partial charge is 0.416 e. The molecule has 0 amide bonds. The molecular weight excluding hydrogens is 250 g/mol. The van der Waals surface area contributed by atoms with E-state index in [1.807, 2.05) is 0 Å². The fourth-order valence-corrected chi connectivity index (χ4v) is 1.12. The first kappa shape index (κ1) is 13.2. The molecule has 0 N–H and O–H groups in total. The zero-order valence-electron chi connectivity index (χ0n) is 7.97. The lowest BCUT2D eigenvalue weighted by molar-refractivity contribution is -0.143. The zero-order chi connectivity index (χ0) is 13.3. The van der Waals surface area contributed by atoms with Gasteiger partial charge in [0.15, 0.2) is 0 Å². The van der Waals surface area contributed by atoms with Gasteiger partial charge >= 0.3 is 12.4 Å². The monoisotopic (exact) mass is 254 g/mol. The summed E-state index contributed by atoms with van der Waals surface area (Å²) in [5, 5.41) is 0. The van der Waals surface area contributed by atoms with Gasteiger partial charge in [0.25, 0.3) is 6.21 Å². The highest BCUT2D eigenvalue weighted by atomic mass is 19.4. The average Bonchev–Trinajstić information content (AvgIpc) is 2.15. The third-order valence-corrected chi connectivity index (χ3v) is 1.82. The van der Waals surface area contributed by atoms with Gasteiger partial charge in [-0.15, -0.1) is 0 Å². The first-order valence-electron chi connectivity index (χ1n) is 4.11. The Labute approximate surface area is 91.1 Å². The molecule has 0 unspecified atom stereocenters. The molecular formula is C9H4F6N2. The third-order valence-electron chi connectivity index (χ3n) is 1.82. The number of alkyl halides is 6. The van der Waals surface area contributed by atoms with Crippen molar-refractivity contribution in [3.63, 3.8) is 0 Å². The number of rotatable bonds is 1. The quantitative estimate of drug-likeness (QED) is 0.319. The van der Waals surface area contributed by atoms with Crippen LogP contribution in [0.5, 0.6) is 0 Å². The highest BCUT2D eigenvalue weighted by Gasteiger charge is 2.36. The van der Waals surface area contributed by atoms with Crippen LogP contribution >= 0.6 is 0 Å².